The first-order valence-electron chi connectivity index (χ1n) is 6.17. The van der Waals surface area contributed by atoms with Crippen LogP contribution in [0.1, 0.15) is 5.56 Å². The molecule has 5 heteroatoms. The summed E-state index contributed by atoms with van der Waals surface area (Å²) in [6.45, 7) is 2.01. The van der Waals surface area contributed by atoms with Gasteiger partial charge in [-0.3, -0.25) is 10.1 Å². The number of hydrogen-bond acceptors (Lipinski definition) is 3. The molecule has 3 N–H and O–H groups in total. The molecule has 0 aliphatic heterocycles. The predicted octanol–water partition coefficient (Wildman–Crippen LogP) is 3.68. The minimum Gasteiger partial charge on any atom is -0.382 e. The molecule has 2 heterocycles. The molecule has 0 saturated heterocycles. The molecule has 0 aliphatic carbocycles. The zero-order valence-corrected chi connectivity index (χ0v) is 11.6. The van der Waals surface area contributed by atoms with Gasteiger partial charge in [0.25, 0.3) is 0 Å². The number of hydrogen-bond donors (Lipinski definition) is 2. The van der Waals surface area contributed by atoms with E-state index in [1.165, 1.54) is 0 Å². The van der Waals surface area contributed by atoms with E-state index >= 15 is 0 Å². The van der Waals surface area contributed by atoms with E-state index in [-0.39, 0.29) is 0 Å². The fourth-order valence-corrected chi connectivity index (χ4v) is 2.50. The highest BCUT2D eigenvalue weighted by Crippen LogP contribution is 2.36. The van der Waals surface area contributed by atoms with Crippen molar-refractivity contribution in [2.24, 2.45) is 0 Å². The van der Waals surface area contributed by atoms with Crippen LogP contribution in [0.3, 0.4) is 0 Å². The van der Waals surface area contributed by atoms with Crippen molar-refractivity contribution < 1.29 is 0 Å². The number of H-pyrrole nitrogens is 1. The minimum atomic E-state index is 0.473. The van der Waals surface area contributed by atoms with E-state index in [9.17, 15) is 0 Å². The van der Waals surface area contributed by atoms with E-state index in [4.69, 9.17) is 17.3 Å². The predicted molar refractivity (Wildman–Crippen MR) is 81.4 cm³/mol. The molecule has 0 unspecified atom stereocenters. The number of pyridine rings is 1. The van der Waals surface area contributed by atoms with Crippen LogP contribution < -0.4 is 5.73 Å². The standard InChI is InChI=1S/C15H13ClN4/c1-9-8-11(16)2-3-12(9)14-13(15(17)20-19-14)10-4-6-18-7-5-10/h2-8H,1H3,(H3,17,19,20). The molecule has 0 saturated carbocycles. The number of nitrogens with one attached hydrogen (secondary N) is 1. The molecular formula is C15H13ClN4. The maximum Gasteiger partial charge on any atom is 0.153 e. The van der Waals surface area contributed by atoms with Gasteiger partial charge in [-0.1, -0.05) is 17.7 Å². The maximum absolute atomic E-state index is 6.01. The Bertz CT molecular complexity index is 750. The number of benzene rings is 1. The number of nitrogens with two attached hydrogens (primary N) is 1. The Labute approximate surface area is 121 Å². The van der Waals surface area contributed by atoms with E-state index < -0.39 is 0 Å². The molecule has 4 nitrogen and oxygen atoms in total. The van der Waals surface area contributed by atoms with Crippen LogP contribution in [0.15, 0.2) is 42.7 Å². The molecule has 0 amide bonds. The van der Waals surface area contributed by atoms with Crippen LogP contribution in [0.4, 0.5) is 5.82 Å². The van der Waals surface area contributed by atoms with Gasteiger partial charge in [-0.25, -0.2) is 0 Å². The number of nitrogens with zero attached hydrogens (tertiary/aromatic N) is 2. The zero-order chi connectivity index (χ0) is 14.1. The van der Waals surface area contributed by atoms with Crippen LogP contribution in [0.5, 0.6) is 0 Å². The second-order valence-corrected chi connectivity index (χ2v) is 4.99. The van der Waals surface area contributed by atoms with Gasteiger partial charge in [-0.2, -0.15) is 5.10 Å². The van der Waals surface area contributed by atoms with Crippen LogP contribution in [0.2, 0.25) is 5.02 Å². The van der Waals surface area contributed by atoms with Crippen LogP contribution in [0, 0.1) is 6.92 Å². The van der Waals surface area contributed by atoms with Crippen molar-refractivity contribution in [3.05, 3.63) is 53.3 Å². The summed E-state index contributed by atoms with van der Waals surface area (Å²) < 4.78 is 0. The molecule has 2 aromatic heterocycles. The van der Waals surface area contributed by atoms with Crippen molar-refractivity contribution in [1.82, 2.24) is 15.2 Å². The maximum atomic E-state index is 6.01. The lowest BCUT2D eigenvalue weighted by Gasteiger charge is -2.08. The molecule has 0 fully saturated rings. The monoisotopic (exact) mass is 284 g/mol. The third-order valence-corrected chi connectivity index (χ3v) is 3.46. The fourth-order valence-electron chi connectivity index (χ4n) is 2.27. The molecule has 0 atom stereocenters. The smallest absolute Gasteiger partial charge is 0.153 e. The van der Waals surface area contributed by atoms with Crippen molar-refractivity contribution in [3.8, 4) is 22.4 Å². The Morgan fingerprint density at radius 2 is 1.90 bits per heavy atom. The van der Waals surface area contributed by atoms with E-state index in [0.29, 0.717) is 10.8 Å². The lowest BCUT2D eigenvalue weighted by atomic mass is 9.98. The van der Waals surface area contributed by atoms with Crippen molar-refractivity contribution in [2.45, 2.75) is 6.92 Å². The highest BCUT2D eigenvalue weighted by molar-refractivity contribution is 6.30. The van der Waals surface area contributed by atoms with Crippen molar-refractivity contribution >= 4 is 17.4 Å². The SMILES string of the molecule is Cc1cc(Cl)ccc1-c1[nH]nc(N)c1-c1ccncc1. The first kappa shape index (κ1) is 12.7. The minimum absolute atomic E-state index is 0.473. The van der Waals surface area contributed by atoms with Crippen LogP contribution in [-0.2, 0) is 0 Å². The Morgan fingerprint density at radius 3 is 2.60 bits per heavy atom. The third kappa shape index (κ3) is 2.14. The first-order chi connectivity index (χ1) is 9.66. The topological polar surface area (TPSA) is 67.6 Å². The highest BCUT2D eigenvalue weighted by atomic mass is 35.5. The zero-order valence-electron chi connectivity index (χ0n) is 10.9. The van der Waals surface area contributed by atoms with Crippen molar-refractivity contribution in [1.29, 1.82) is 0 Å². The summed E-state index contributed by atoms with van der Waals surface area (Å²) in [7, 11) is 0. The molecule has 20 heavy (non-hydrogen) atoms. The summed E-state index contributed by atoms with van der Waals surface area (Å²) in [4.78, 5) is 4.03. The van der Waals surface area contributed by atoms with E-state index in [1.54, 1.807) is 12.4 Å². The van der Waals surface area contributed by atoms with Gasteiger partial charge in [0.05, 0.1) is 11.3 Å². The summed E-state index contributed by atoms with van der Waals surface area (Å²) in [6, 6.07) is 9.57. The summed E-state index contributed by atoms with van der Waals surface area (Å²) >= 11 is 6.01. The van der Waals surface area contributed by atoms with E-state index in [1.807, 2.05) is 37.3 Å². The molecule has 0 radical (unpaired) electrons. The molecule has 0 bridgehead atoms. The number of aryl methyl sites for hydroxylation is 1. The number of aromatic nitrogens is 3. The molecule has 1 aromatic carbocycles. The lowest BCUT2D eigenvalue weighted by molar-refractivity contribution is 1.10. The Morgan fingerprint density at radius 1 is 1.15 bits per heavy atom. The van der Waals surface area contributed by atoms with Gasteiger partial charge in [0.15, 0.2) is 5.82 Å². The summed E-state index contributed by atoms with van der Waals surface area (Å²) in [5.74, 6) is 0.473. The summed E-state index contributed by atoms with van der Waals surface area (Å²) in [5.41, 5.74) is 10.9. The quantitative estimate of drug-likeness (QED) is 0.754. The molecule has 0 aliphatic rings. The Hall–Kier alpha value is -2.33. The average molecular weight is 285 g/mol. The number of anilines is 1. The molecule has 0 spiro atoms. The number of nitrogen functional groups attached to an aromatic ring is 1. The summed E-state index contributed by atoms with van der Waals surface area (Å²) in [5, 5.41) is 7.86. The Balaban J connectivity index is 2.21. The van der Waals surface area contributed by atoms with Gasteiger partial charge in [0, 0.05) is 23.0 Å². The van der Waals surface area contributed by atoms with Gasteiger partial charge in [0.1, 0.15) is 0 Å². The van der Waals surface area contributed by atoms with Crippen LogP contribution in [-0.4, -0.2) is 15.2 Å². The third-order valence-electron chi connectivity index (χ3n) is 3.22. The molecule has 3 aromatic rings. The normalized spacial score (nSPS) is 10.7. The van der Waals surface area contributed by atoms with Gasteiger partial charge < -0.3 is 5.73 Å². The van der Waals surface area contributed by atoms with Gasteiger partial charge in [0.2, 0.25) is 0 Å². The Kier molecular flexibility index (Phi) is 3.16. The largest absolute Gasteiger partial charge is 0.382 e. The summed E-state index contributed by atoms with van der Waals surface area (Å²) in [6.07, 6.45) is 3.47. The number of rotatable bonds is 2. The van der Waals surface area contributed by atoms with Crippen LogP contribution in [0.25, 0.3) is 22.4 Å². The first-order valence-corrected chi connectivity index (χ1v) is 6.55. The van der Waals surface area contributed by atoms with Crippen molar-refractivity contribution in [3.63, 3.8) is 0 Å². The second kappa shape index (κ2) is 4.98. The molecule has 100 valence electrons. The van der Waals surface area contributed by atoms with E-state index in [2.05, 4.69) is 15.2 Å². The molecular weight excluding hydrogens is 272 g/mol. The lowest BCUT2D eigenvalue weighted by Crippen LogP contribution is -1.90. The highest BCUT2D eigenvalue weighted by Gasteiger charge is 2.16. The number of halogens is 1. The van der Waals surface area contributed by atoms with Gasteiger partial charge in [-0.15, -0.1) is 0 Å². The molecule has 3 rings (SSSR count). The van der Waals surface area contributed by atoms with Crippen molar-refractivity contribution in [2.75, 3.05) is 5.73 Å². The second-order valence-electron chi connectivity index (χ2n) is 4.55. The van der Waals surface area contributed by atoms with E-state index in [0.717, 1.165) is 27.9 Å². The average Bonchev–Trinajstić information content (AvgIpc) is 2.81. The number of aromatic amines is 1. The fraction of sp³-hybridized carbons (Fsp3) is 0.0667. The van der Waals surface area contributed by atoms with Gasteiger partial charge in [-0.05, 0) is 42.3 Å². The van der Waals surface area contributed by atoms with Gasteiger partial charge >= 0.3 is 0 Å². The van der Waals surface area contributed by atoms with Crippen LogP contribution >= 0.6 is 11.6 Å².